The van der Waals surface area contributed by atoms with E-state index in [1.165, 1.54) is 34.9 Å². The summed E-state index contributed by atoms with van der Waals surface area (Å²) in [6.07, 6.45) is 3.70. The lowest BCUT2D eigenvalue weighted by Crippen LogP contribution is -2.17. The molecule has 5 nitrogen and oxygen atoms in total. The van der Waals surface area contributed by atoms with Crippen LogP contribution in [0.15, 0.2) is 72.0 Å². The molecule has 1 amide bonds. The normalized spacial score (nSPS) is 11.3. The molecular weight excluding hydrogens is 410 g/mol. The summed E-state index contributed by atoms with van der Waals surface area (Å²) in [7, 11) is 0. The van der Waals surface area contributed by atoms with Gasteiger partial charge in [-0.15, -0.1) is 0 Å². The zero-order valence-electron chi connectivity index (χ0n) is 17.3. The number of amides is 1. The Morgan fingerprint density at radius 1 is 1.13 bits per heavy atom. The van der Waals surface area contributed by atoms with E-state index in [4.69, 9.17) is 11.6 Å². The van der Waals surface area contributed by atoms with Gasteiger partial charge in [0.05, 0.1) is 11.2 Å². The van der Waals surface area contributed by atoms with Crippen molar-refractivity contribution in [1.82, 2.24) is 9.99 Å². The zero-order chi connectivity index (χ0) is 22.0. The second kappa shape index (κ2) is 8.66. The average molecular weight is 432 g/mol. The van der Waals surface area contributed by atoms with Crippen LogP contribution in [-0.2, 0) is 6.54 Å². The van der Waals surface area contributed by atoms with Crippen molar-refractivity contribution >= 4 is 34.6 Å². The molecule has 0 unspecified atom stereocenters. The van der Waals surface area contributed by atoms with Gasteiger partial charge in [-0.3, -0.25) is 4.79 Å². The van der Waals surface area contributed by atoms with Crippen molar-refractivity contribution in [2.45, 2.75) is 20.4 Å². The van der Waals surface area contributed by atoms with Crippen LogP contribution in [0.3, 0.4) is 0 Å². The summed E-state index contributed by atoms with van der Waals surface area (Å²) in [6, 6.07) is 18.8. The first-order valence-electron chi connectivity index (χ1n) is 9.88. The lowest BCUT2D eigenvalue weighted by Gasteiger charge is -2.10. The number of aromatic nitrogens is 1. The van der Waals surface area contributed by atoms with Crippen molar-refractivity contribution in [2.24, 2.45) is 5.10 Å². The van der Waals surface area contributed by atoms with Crippen LogP contribution in [0.25, 0.3) is 10.9 Å². The number of nitrogens with zero attached hydrogens (tertiary/aromatic N) is 2. The molecule has 6 heteroatoms. The van der Waals surface area contributed by atoms with Gasteiger partial charge in [-0.05, 0) is 55.3 Å². The highest BCUT2D eigenvalue weighted by atomic mass is 35.5. The molecule has 0 spiro atoms. The molecule has 0 aliphatic rings. The van der Waals surface area contributed by atoms with E-state index in [1.807, 2.05) is 12.1 Å². The van der Waals surface area contributed by atoms with Gasteiger partial charge in [-0.25, -0.2) is 5.43 Å². The van der Waals surface area contributed by atoms with Gasteiger partial charge in [0.15, 0.2) is 0 Å². The second-order valence-electron chi connectivity index (χ2n) is 7.52. The number of phenols is 1. The molecule has 0 atom stereocenters. The number of aromatic hydroxyl groups is 1. The summed E-state index contributed by atoms with van der Waals surface area (Å²) < 4.78 is 2.21. The summed E-state index contributed by atoms with van der Waals surface area (Å²) in [5.41, 5.74) is 8.62. The van der Waals surface area contributed by atoms with Crippen molar-refractivity contribution in [1.29, 1.82) is 0 Å². The van der Waals surface area contributed by atoms with Gasteiger partial charge in [-0.1, -0.05) is 47.5 Å². The van der Waals surface area contributed by atoms with Gasteiger partial charge >= 0.3 is 0 Å². The van der Waals surface area contributed by atoms with E-state index in [9.17, 15) is 9.90 Å². The van der Waals surface area contributed by atoms with E-state index in [0.29, 0.717) is 5.56 Å². The summed E-state index contributed by atoms with van der Waals surface area (Å²) in [5, 5.41) is 14.8. The predicted octanol–water partition coefficient (Wildman–Crippen LogP) is 5.43. The molecular formula is C25H22ClN3O2. The highest BCUT2D eigenvalue weighted by molar-refractivity contribution is 6.32. The van der Waals surface area contributed by atoms with E-state index in [0.717, 1.165) is 23.0 Å². The van der Waals surface area contributed by atoms with Crippen molar-refractivity contribution in [3.63, 3.8) is 0 Å². The molecule has 3 aromatic carbocycles. The van der Waals surface area contributed by atoms with E-state index in [-0.39, 0.29) is 10.8 Å². The number of phenolic OH excluding ortho intramolecular Hbond substituents is 1. The lowest BCUT2D eigenvalue weighted by atomic mass is 10.1. The number of hydrogen-bond acceptors (Lipinski definition) is 3. The number of aryl methyl sites for hydroxylation is 2. The lowest BCUT2D eigenvalue weighted by molar-refractivity contribution is 0.0955. The fraction of sp³-hybridized carbons (Fsp3) is 0.120. The fourth-order valence-corrected chi connectivity index (χ4v) is 3.71. The minimum atomic E-state index is -0.405. The molecule has 0 saturated heterocycles. The molecule has 156 valence electrons. The maximum absolute atomic E-state index is 12.3. The molecule has 1 aromatic heterocycles. The summed E-state index contributed by atoms with van der Waals surface area (Å²) in [4.78, 5) is 12.3. The molecule has 0 saturated carbocycles. The van der Waals surface area contributed by atoms with Crippen LogP contribution in [-0.4, -0.2) is 21.8 Å². The third-order valence-electron chi connectivity index (χ3n) is 5.27. The maximum atomic E-state index is 12.3. The number of rotatable bonds is 5. The minimum absolute atomic E-state index is 0.0706. The van der Waals surface area contributed by atoms with E-state index in [2.05, 4.69) is 65.5 Å². The van der Waals surface area contributed by atoms with Crippen LogP contribution in [0.2, 0.25) is 5.02 Å². The largest absolute Gasteiger partial charge is 0.506 e. The van der Waals surface area contributed by atoms with E-state index >= 15 is 0 Å². The smallest absolute Gasteiger partial charge is 0.271 e. The monoisotopic (exact) mass is 431 g/mol. The molecule has 31 heavy (non-hydrogen) atoms. The van der Waals surface area contributed by atoms with Gasteiger partial charge in [0.1, 0.15) is 5.75 Å². The van der Waals surface area contributed by atoms with Crippen molar-refractivity contribution in [3.05, 3.63) is 99.7 Å². The van der Waals surface area contributed by atoms with Crippen LogP contribution in [0.1, 0.15) is 32.6 Å². The highest BCUT2D eigenvalue weighted by Crippen LogP contribution is 2.24. The quantitative estimate of drug-likeness (QED) is 0.327. The van der Waals surface area contributed by atoms with Gasteiger partial charge in [-0.2, -0.15) is 5.10 Å². The molecule has 0 aliphatic carbocycles. The number of carbonyl (C=O) groups is 1. The van der Waals surface area contributed by atoms with E-state index < -0.39 is 5.91 Å². The Labute approximate surface area is 185 Å². The average Bonchev–Trinajstić information content (AvgIpc) is 3.16. The molecule has 0 aliphatic heterocycles. The SMILES string of the molecule is Cc1ccc(C)c(Cn2ccc3c(/C=N/NC(=O)c4ccc(O)c(Cl)c4)cccc32)c1. The third-order valence-corrected chi connectivity index (χ3v) is 5.58. The molecule has 2 N–H and O–H groups in total. The van der Waals surface area contributed by atoms with Gasteiger partial charge in [0.2, 0.25) is 0 Å². The Kier molecular flexibility index (Phi) is 5.78. The molecule has 4 aromatic rings. The van der Waals surface area contributed by atoms with Crippen LogP contribution < -0.4 is 5.43 Å². The molecule has 1 heterocycles. The second-order valence-corrected chi connectivity index (χ2v) is 7.93. The standard InChI is InChI=1S/C25H22ClN3O2/c1-16-6-7-17(2)20(12-16)15-29-11-10-21-19(4-3-5-23(21)29)14-27-28-25(31)18-8-9-24(30)22(26)13-18/h3-14,30H,15H2,1-2H3,(H,28,31)/b27-14+. The fourth-order valence-electron chi connectivity index (χ4n) is 3.52. The molecule has 4 rings (SSSR count). The minimum Gasteiger partial charge on any atom is -0.506 e. The first-order chi connectivity index (χ1) is 14.9. The number of halogens is 1. The van der Waals surface area contributed by atoms with Crippen LogP contribution >= 0.6 is 11.6 Å². The number of nitrogens with one attached hydrogen (secondary N) is 1. The molecule has 0 radical (unpaired) electrons. The van der Waals surface area contributed by atoms with E-state index in [1.54, 1.807) is 6.21 Å². The molecule has 0 fully saturated rings. The van der Waals surface area contributed by atoms with Crippen LogP contribution in [0.5, 0.6) is 5.75 Å². The Morgan fingerprint density at radius 2 is 1.97 bits per heavy atom. The number of fused-ring (bicyclic) bond motifs is 1. The van der Waals surface area contributed by atoms with Crippen molar-refractivity contribution in [3.8, 4) is 5.75 Å². The Morgan fingerprint density at radius 3 is 2.77 bits per heavy atom. The first kappa shape index (κ1) is 20.7. The molecule has 0 bridgehead atoms. The Bertz CT molecular complexity index is 1310. The van der Waals surface area contributed by atoms with Gasteiger partial charge in [0, 0.05) is 34.8 Å². The third kappa shape index (κ3) is 4.47. The summed E-state index contributed by atoms with van der Waals surface area (Å²) in [6.45, 7) is 5.02. The van der Waals surface area contributed by atoms with Crippen molar-refractivity contribution in [2.75, 3.05) is 0 Å². The number of hydrazone groups is 1. The van der Waals surface area contributed by atoms with Crippen LogP contribution in [0, 0.1) is 13.8 Å². The zero-order valence-corrected chi connectivity index (χ0v) is 18.0. The summed E-state index contributed by atoms with van der Waals surface area (Å²) >= 11 is 5.86. The number of hydrogen-bond donors (Lipinski definition) is 2. The topological polar surface area (TPSA) is 66.6 Å². The highest BCUT2D eigenvalue weighted by Gasteiger charge is 2.09. The van der Waals surface area contributed by atoms with Gasteiger partial charge in [0.25, 0.3) is 5.91 Å². The van der Waals surface area contributed by atoms with Crippen molar-refractivity contribution < 1.29 is 9.90 Å². The summed E-state index contributed by atoms with van der Waals surface area (Å²) in [5.74, 6) is -0.475. The Balaban J connectivity index is 1.54. The van der Waals surface area contributed by atoms with Crippen LogP contribution in [0.4, 0.5) is 0 Å². The van der Waals surface area contributed by atoms with Gasteiger partial charge < -0.3 is 9.67 Å². The Hall–Kier alpha value is -3.57. The number of benzene rings is 3. The number of carbonyl (C=O) groups excluding carboxylic acids is 1. The predicted molar refractivity (Wildman–Crippen MR) is 125 cm³/mol. The maximum Gasteiger partial charge on any atom is 0.271 e. The first-order valence-corrected chi connectivity index (χ1v) is 10.3.